The number of rotatable bonds is 2. The van der Waals surface area contributed by atoms with Crippen LogP contribution >= 0.6 is 22.7 Å². The van der Waals surface area contributed by atoms with Crippen LogP contribution in [0.5, 0.6) is 0 Å². The summed E-state index contributed by atoms with van der Waals surface area (Å²) in [7, 11) is 0. The second-order valence-electron chi connectivity index (χ2n) is 5.31. The number of thiazole rings is 2. The Morgan fingerprint density at radius 2 is 1.83 bits per heavy atom. The van der Waals surface area contributed by atoms with Crippen LogP contribution in [0.3, 0.4) is 0 Å². The molecule has 4 rings (SSSR count). The third-order valence-electron chi connectivity index (χ3n) is 3.79. The molecule has 1 N–H and O–H groups in total. The number of hydrogen-bond donors (Lipinski definition) is 1. The molecule has 23 heavy (non-hydrogen) atoms. The molecule has 0 bridgehead atoms. The van der Waals surface area contributed by atoms with Crippen LogP contribution in [-0.4, -0.2) is 15.9 Å². The summed E-state index contributed by atoms with van der Waals surface area (Å²) < 4.78 is 2.08. The van der Waals surface area contributed by atoms with Crippen molar-refractivity contribution in [2.24, 2.45) is 0 Å². The van der Waals surface area contributed by atoms with Crippen molar-refractivity contribution >= 4 is 54.1 Å². The lowest BCUT2D eigenvalue weighted by atomic mass is 10.1. The number of aryl methyl sites for hydroxylation is 2. The number of aromatic nitrogens is 2. The van der Waals surface area contributed by atoms with Gasteiger partial charge in [-0.1, -0.05) is 29.5 Å². The van der Waals surface area contributed by atoms with Gasteiger partial charge in [0.2, 0.25) is 0 Å². The zero-order valence-corrected chi connectivity index (χ0v) is 14.2. The average Bonchev–Trinajstić information content (AvgIpc) is 3.15. The van der Waals surface area contributed by atoms with Crippen LogP contribution in [0.4, 0.5) is 5.13 Å². The Hall–Kier alpha value is -2.31. The summed E-state index contributed by atoms with van der Waals surface area (Å²) in [6.07, 6.45) is 0. The van der Waals surface area contributed by atoms with Gasteiger partial charge in [0.25, 0.3) is 5.91 Å². The average molecular weight is 339 g/mol. The molecule has 0 atom stereocenters. The van der Waals surface area contributed by atoms with Gasteiger partial charge in [0.15, 0.2) is 10.1 Å². The lowest BCUT2D eigenvalue weighted by Crippen LogP contribution is -2.11. The number of hydrogen-bond acceptors (Lipinski definition) is 5. The van der Waals surface area contributed by atoms with Gasteiger partial charge in [0, 0.05) is 0 Å². The molecule has 114 valence electrons. The lowest BCUT2D eigenvalue weighted by molar-refractivity contribution is 0.102. The van der Waals surface area contributed by atoms with Crippen molar-refractivity contribution in [1.29, 1.82) is 0 Å². The standard InChI is InChI=1S/C17H13N3OS2/c1-9-7-8-13-14(10(9)2)19-17(23-13)20-15(21)16-18-11-5-3-4-6-12(11)22-16/h3-8H,1-2H3,(H,19,20,21). The van der Waals surface area contributed by atoms with Gasteiger partial charge in [0.1, 0.15) is 0 Å². The highest BCUT2D eigenvalue weighted by Crippen LogP contribution is 2.30. The van der Waals surface area contributed by atoms with Crippen molar-refractivity contribution in [2.45, 2.75) is 13.8 Å². The Morgan fingerprint density at radius 3 is 2.65 bits per heavy atom. The van der Waals surface area contributed by atoms with E-state index in [2.05, 4.69) is 35.2 Å². The predicted molar refractivity (Wildman–Crippen MR) is 96.7 cm³/mol. The highest BCUT2D eigenvalue weighted by Gasteiger charge is 2.15. The number of nitrogens with one attached hydrogen (secondary N) is 1. The molecule has 0 unspecified atom stereocenters. The predicted octanol–water partition coefficient (Wildman–Crippen LogP) is 4.78. The molecule has 0 saturated carbocycles. The van der Waals surface area contributed by atoms with E-state index in [9.17, 15) is 4.79 Å². The molecule has 2 heterocycles. The largest absolute Gasteiger partial charge is 0.296 e. The number of carbonyl (C=O) groups excluding carboxylic acids is 1. The van der Waals surface area contributed by atoms with E-state index in [1.54, 1.807) is 0 Å². The fourth-order valence-corrected chi connectivity index (χ4v) is 4.18. The van der Waals surface area contributed by atoms with Crippen LogP contribution in [0.1, 0.15) is 20.9 Å². The molecule has 0 aliphatic heterocycles. The molecular weight excluding hydrogens is 326 g/mol. The summed E-state index contributed by atoms with van der Waals surface area (Å²) in [5.74, 6) is -0.209. The Kier molecular flexibility index (Phi) is 3.36. The van der Waals surface area contributed by atoms with E-state index in [1.807, 2.05) is 30.3 Å². The highest BCUT2D eigenvalue weighted by atomic mass is 32.1. The summed E-state index contributed by atoms with van der Waals surface area (Å²) in [4.78, 5) is 21.3. The first kappa shape index (κ1) is 14.3. The van der Waals surface area contributed by atoms with Gasteiger partial charge >= 0.3 is 0 Å². The van der Waals surface area contributed by atoms with Crippen LogP contribution in [0, 0.1) is 13.8 Å². The first-order valence-electron chi connectivity index (χ1n) is 7.15. The number of fused-ring (bicyclic) bond motifs is 2. The maximum atomic E-state index is 12.4. The molecule has 2 aromatic carbocycles. The minimum absolute atomic E-state index is 0.209. The van der Waals surface area contributed by atoms with Crippen LogP contribution in [-0.2, 0) is 0 Å². The Morgan fingerprint density at radius 1 is 1.00 bits per heavy atom. The first-order chi connectivity index (χ1) is 11.1. The zero-order chi connectivity index (χ0) is 16.0. The van der Waals surface area contributed by atoms with Gasteiger partial charge in [-0.15, -0.1) is 11.3 Å². The fraction of sp³-hybridized carbons (Fsp3) is 0.118. The van der Waals surface area contributed by atoms with Crippen molar-refractivity contribution in [3.8, 4) is 0 Å². The van der Waals surface area contributed by atoms with E-state index >= 15 is 0 Å². The summed E-state index contributed by atoms with van der Waals surface area (Å²) in [6.45, 7) is 4.12. The first-order valence-corrected chi connectivity index (χ1v) is 8.79. The van der Waals surface area contributed by atoms with Crippen molar-refractivity contribution in [3.63, 3.8) is 0 Å². The van der Waals surface area contributed by atoms with E-state index in [1.165, 1.54) is 28.2 Å². The molecule has 1 amide bonds. The van der Waals surface area contributed by atoms with Gasteiger partial charge in [-0.2, -0.15) is 0 Å². The minimum atomic E-state index is -0.209. The molecule has 0 fully saturated rings. The summed E-state index contributed by atoms with van der Waals surface area (Å²) in [5, 5.41) is 3.94. The van der Waals surface area contributed by atoms with Gasteiger partial charge in [0.05, 0.1) is 20.4 Å². The molecule has 0 radical (unpaired) electrons. The smallest absolute Gasteiger partial charge is 0.286 e. The summed E-state index contributed by atoms with van der Waals surface area (Å²) >= 11 is 2.87. The Labute approximate surface area is 140 Å². The Balaban J connectivity index is 1.67. The van der Waals surface area contributed by atoms with Crippen LogP contribution in [0.25, 0.3) is 20.4 Å². The van der Waals surface area contributed by atoms with E-state index < -0.39 is 0 Å². The van der Waals surface area contributed by atoms with Gasteiger partial charge in [-0.25, -0.2) is 9.97 Å². The number of nitrogens with zero attached hydrogens (tertiary/aromatic N) is 2. The van der Waals surface area contributed by atoms with E-state index in [0.717, 1.165) is 26.0 Å². The second kappa shape index (κ2) is 5.40. The number of anilines is 1. The van der Waals surface area contributed by atoms with Crippen LogP contribution in [0.2, 0.25) is 0 Å². The monoisotopic (exact) mass is 339 g/mol. The summed E-state index contributed by atoms with van der Waals surface area (Å²) in [5.41, 5.74) is 4.15. The van der Waals surface area contributed by atoms with Crippen molar-refractivity contribution in [3.05, 3.63) is 52.5 Å². The minimum Gasteiger partial charge on any atom is -0.296 e. The van der Waals surface area contributed by atoms with Crippen LogP contribution < -0.4 is 5.32 Å². The molecule has 4 nitrogen and oxygen atoms in total. The van der Waals surface area contributed by atoms with Crippen molar-refractivity contribution < 1.29 is 4.79 Å². The molecular formula is C17H13N3OS2. The Bertz CT molecular complexity index is 1020. The van der Waals surface area contributed by atoms with Gasteiger partial charge < -0.3 is 0 Å². The zero-order valence-electron chi connectivity index (χ0n) is 12.6. The number of para-hydroxylation sites is 1. The third-order valence-corrected chi connectivity index (χ3v) is 5.76. The van der Waals surface area contributed by atoms with E-state index in [-0.39, 0.29) is 5.91 Å². The van der Waals surface area contributed by atoms with Crippen molar-refractivity contribution in [1.82, 2.24) is 9.97 Å². The number of carbonyl (C=O) groups is 1. The van der Waals surface area contributed by atoms with E-state index in [0.29, 0.717) is 10.1 Å². The fourth-order valence-electron chi connectivity index (χ4n) is 2.40. The summed E-state index contributed by atoms with van der Waals surface area (Å²) in [6, 6.07) is 11.9. The van der Waals surface area contributed by atoms with Crippen LogP contribution in [0.15, 0.2) is 36.4 Å². The number of benzene rings is 2. The van der Waals surface area contributed by atoms with Gasteiger partial charge in [-0.3, -0.25) is 10.1 Å². The maximum absolute atomic E-state index is 12.4. The normalized spacial score (nSPS) is 11.2. The maximum Gasteiger partial charge on any atom is 0.286 e. The molecule has 0 saturated heterocycles. The molecule has 0 aliphatic carbocycles. The molecule has 0 aliphatic rings. The highest BCUT2D eigenvalue weighted by molar-refractivity contribution is 7.22. The number of amides is 1. The van der Waals surface area contributed by atoms with E-state index in [4.69, 9.17) is 0 Å². The topological polar surface area (TPSA) is 54.9 Å². The molecule has 4 aromatic rings. The molecule has 0 spiro atoms. The molecule has 2 aromatic heterocycles. The SMILES string of the molecule is Cc1ccc2sc(NC(=O)c3nc4ccccc4s3)nc2c1C. The van der Waals surface area contributed by atoms with Crippen molar-refractivity contribution in [2.75, 3.05) is 5.32 Å². The third kappa shape index (κ3) is 2.50. The molecule has 6 heteroatoms. The quantitative estimate of drug-likeness (QED) is 0.572. The lowest BCUT2D eigenvalue weighted by Gasteiger charge is -1.98. The van der Waals surface area contributed by atoms with Gasteiger partial charge in [-0.05, 0) is 43.2 Å². The second-order valence-corrected chi connectivity index (χ2v) is 7.38.